The molecule has 1 amide bonds. The normalized spacial score (nSPS) is 11.1. The molecule has 0 saturated heterocycles. The maximum atomic E-state index is 12.8. The molecule has 3 aromatic heterocycles. The van der Waals surface area contributed by atoms with Crippen LogP contribution in [0.2, 0.25) is 0 Å². The molecule has 0 atom stereocenters. The van der Waals surface area contributed by atoms with Crippen LogP contribution in [0.1, 0.15) is 0 Å². The molecule has 0 radical (unpaired) electrons. The summed E-state index contributed by atoms with van der Waals surface area (Å²) >= 11 is 0. The van der Waals surface area contributed by atoms with E-state index in [4.69, 9.17) is 9.47 Å². The summed E-state index contributed by atoms with van der Waals surface area (Å²) in [4.78, 5) is 25.4. The molecule has 0 fully saturated rings. The van der Waals surface area contributed by atoms with Gasteiger partial charge in [0.25, 0.3) is 0 Å². The number of methoxy groups -OCH3 is 2. The molecular weight excluding hydrogens is 424 g/mol. The average molecular weight is 444 g/mol. The van der Waals surface area contributed by atoms with Gasteiger partial charge in [0.1, 0.15) is 23.6 Å². The fourth-order valence-corrected chi connectivity index (χ4v) is 3.58. The smallest absolute Gasteiger partial charge is 0.350 e. The fraction of sp³-hybridized carbons (Fsp3) is 0.130. The number of nitrogens with zero attached hydrogens (tertiary/aromatic N) is 5. The van der Waals surface area contributed by atoms with Crippen LogP contribution in [0.5, 0.6) is 11.5 Å². The van der Waals surface area contributed by atoms with Crippen molar-refractivity contribution in [3.63, 3.8) is 0 Å². The number of aromatic nitrogens is 5. The Bertz CT molecular complexity index is 1530. The van der Waals surface area contributed by atoms with E-state index in [1.54, 1.807) is 55.4 Å². The molecule has 0 bridgehead atoms. The topological polar surface area (TPSA) is 104 Å². The molecule has 0 aliphatic carbocycles. The minimum Gasteiger partial charge on any atom is -0.497 e. The number of carbonyl (C=O) groups is 1. The summed E-state index contributed by atoms with van der Waals surface area (Å²) < 4.78 is 14.5. The lowest BCUT2D eigenvalue weighted by Gasteiger charge is -2.06. The highest BCUT2D eigenvalue weighted by Gasteiger charge is 2.15. The van der Waals surface area contributed by atoms with Gasteiger partial charge in [-0.2, -0.15) is 5.10 Å². The summed E-state index contributed by atoms with van der Waals surface area (Å²) in [5.74, 6) is 0.994. The summed E-state index contributed by atoms with van der Waals surface area (Å²) in [5, 5.41) is 11.7. The first kappa shape index (κ1) is 20.3. The van der Waals surface area contributed by atoms with Crippen LogP contribution in [0, 0.1) is 0 Å². The average Bonchev–Trinajstić information content (AvgIpc) is 3.41. The Balaban J connectivity index is 1.46. The Kier molecular flexibility index (Phi) is 5.02. The van der Waals surface area contributed by atoms with Crippen molar-refractivity contribution in [3.05, 3.63) is 77.5 Å². The lowest BCUT2D eigenvalue weighted by atomic mass is 10.1. The van der Waals surface area contributed by atoms with Crippen LogP contribution in [0.15, 0.2) is 71.8 Å². The number of rotatable bonds is 6. The number of fused-ring (bicyclic) bond motifs is 3. The van der Waals surface area contributed by atoms with Crippen LogP contribution in [0.3, 0.4) is 0 Å². The molecular formula is C23H20N6O4. The Hall–Kier alpha value is -4.60. The Labute approximate surface area is 187 Å². The zero-order chi connectivity index (χ0) is 22.9. The second-order valence-corrected chi connectivity index (χ2v) is 7.30. The predicted octanol–water partition coefficient (Wildman–Crippen LogP) is 2.47. The first-order valence-corrected chi connectivity index (χ1v) is 10.1. The number of nitrogens with one attached hydrogen (secondary N) is 1. The molecule has 2 aromatic carbocycles. The molecule has 0 spiro atoms. The van der Waals surface area contributed by atoms with E-state index >= 15 is 0 Å². The van der Waals surface area contributed by atoms with E-state index in [0.29, 0.717) is 22.6 Å². The SMILES string of the molecule is COc1ccc(-c2cc3c4nn(CC(=O)Nc5cccc(OC)c5)c(=O)n4ccn3n2)cc1. The first-order chi connectivity index (χ1) is 16.1. The lowest BCUT2D eigenvalue weighted by Crippen LogP contribution is -2.28. The van der Waals surface area contributed by atoms with Gasteiger partial charge < -0.3 is 14.8 Å². The van der Waals surface area contributed by atoms with E-state index in [9.17, 15) is 9.59 Å². The second kappa shape index (κ2) is 8.15. The third-order valence-corrected chi connectivity index (χ3v) is 5.22. The van der Waals surface area contributed by atoms with Crippen molar-refractivity contribution in [3.8, 4) is 22.8 Å². The summed E-state index contributed by atoms with van der Waals surface area (Å²) in [6, 6.07) is 16.4. The number of amides is 1. The number of hydrogen-bond donors (Lipinski definition) is 1. The van der Waals surface area contributed by atoms with Crippen LogP contribution in [-0.4, -0.2) is 43.9 Å². The molecule has 0 saturated carbocycles. The van der Waals surface area contributed by atoms with Gasteiger partial charge in [0, 0.05) is 29.7 Å². The van der Waals surface area contributed by atoms with Gasteiger partial charge in [0.05, 0.1) is 19.9 Å². The molecule has 0 aliphatic rings. The summed E-state index contributed by atoms with van der Waals surface area (Å²) in [6.45, 7) is -0.233. The van der Waals surface area contributed by atoms with E-state index in [0.717, 1.165) is 21.7 Å². The highest BCUT2D eigenvalue weighted by Crippen LogP contribution is 2.23. The third kappa shape index (κ3) is 3.78. The minimum atomic E-state index is -0.416. The Morgan fingerprint density at radius 3 is 2.52 bits per heavy atom. The van der Waals surface area contributed by atoms with Crippen molar-refractivity contribution in [1.82, 2.24) is 23.8 Å². The Morgan fingerprint density at radius 2 is 1.76 bits per heavy atom. The van der Waals surface area contributed by atoms with Crippen molar-refractivity contribution in [2.75, 3.05) is 19.5 Å². The highest BCUT2D eigenvalue weighted by molar-refractivity contribution is 5.90. The summed E-state index contributed by atoms with van der Waals surface area (Å²) in [6.07, 6.45) is 3.26. The van der Waals surface area contributed by atoms with Crippen LogP contribution in [0.25, 0.3) is 22.4 Å². The zero-order valence-corrected chi connectivity index (χ0v) is 17.9. The molecule has 33 heavy (non-hydrogen) atoms. The van der Waals surface area contributed by atoms with Gasteiger partial charge in [-0.1, -0.05) is 6.07 Å². The maximum absolute atomic E-state index is 12.8. The maximum Gasteiger partial charge on any atom is 0.350 e. The number of ether oxygens (including phenoxy) is 2. The monoisotopic (exact) mass is 444 g/mol. The van der Waals surface area contributed by atoms with E-state index in [1.165, 1.54) is 4.40 Å². The van der Waals surface area contributed by atoms with Gasteiger partial charge in [-0.25, -0.2) is 18.4 Å². The predicted molar refractivity (Wildman–Crippen MR) is 122 cm³/mol. The van der Waals surface area contributed by atoms with Crippen LogP contribution >= 0.6 is 0 Å². The molecule has 1 N–H and O–H groups in total. The standard InChI is InChI=1S/C23H20N6O4/c1-32-17-8-6-15(7-9-17)19-13-20-22-26-29(23(31)27(22)10-11-28(20)25-19)14-21(30)24-16-4-3-5-18(12-16)33-2/h3-13H,14H2,1-2H3,(H,24,30). The third-order valence-electron chi connectivity index (χ3n) is 5.22. The highest BCUT2D eigenvalue weighted by atomic mass is 16.5. The van der Waals surface area contributed by atoms with Crippen molar-refractivity contribution in [2.45, 2.75) is 6.54 Å². The molecule has 10 nitrogen and oxygen atoms in total. The second-order valence-electron chi connectivity index (χ2n) is 7.30. The summed E-state index contributed by atoms with van der Waals surface area (Å²) in [7, 11) is 3.16. The number of carbonyl (C=O) groups excluding carboxylic acids is 1. The van der Waals surface area contributed by atoms with Crippen molar-refractivity contribution in [1.29, 1.82) is 0 Å². The van der Waals surface area contributed by atoms with E-state index in [-0.39, 0.29) is 12.5 Å². The van der Waals surface area contributed by atoms with Gasteiger partial charge in [-0.3, -0.25) is 4.79 Å². The largest absolute Gasteiger partial charge is 0.497 e. The molecule has 0 aliphatic heterocycles. The molecule has 166 valence electrons. The molecule has 5 aromatic rings. The summed E-state index contributed by atoms with van der Waals surface area (Å²) in [5.41, 5.74) is 2.83. The Morgan fingerprint density at radius 1 is 0.970 bits per heavy atom. The van der Waals surface area contributed by atoms with E-state index in [1.807, 2.05) is 30.3 Å². The molecule has 0 unspecified atom stereocenters. The van der Waals surface area contributed by atoms with Crippen molar-refractivity contribution in [2.24, 2.45) is 0 Å². The van der Waals surface area contributed by atoms with Gasteiger partial charge in [0.2, 0.25) is 5.91 Å². The van der Waals surface area contributed by atoms with E-state index < -0.39 is 5.69 Å². The lowest BCUT2D eigenvalue weighted by molar-refractivity contribution is -0.117. The van der Waals surface area contributed by atoms with Crippen molar-refractivity contribution >= 4 is 22.8 Å². The van der Waals surface area contributed by atoms with Gasteiger partial charge >= 0.3 is 5.69 Å². The van der Waals surface area contributed by atoms with Crippen molar-refractivity contribution < 1.29 is 14.3 Å². The van der Waals surface area contributed by atoms with Gasteiger partial charge in [-0.05, 0) is 42.5 Å². The van der Waals surface area contributed by atoms with Crippen LogP contribution in [-0.2, 0) is 11.3 Å². The van der Waals surface area contributed by atoms with E-state index in [2.05, 4.69) is 15.5 Å². The molecule has 3 heterocycles. The van der Waals surface area contributed by atoms with Gasteiger partial charge in [0.15, 0.2) is 5.65 Å². The number of benzene rings is 2. The van der Waals surface area contributed by atoms with Gasteiger partial charge in [-0.15, -0.1) is 5.10 Å². The quantitative estimate of drug-likeness (QED) is 0.432. The van der Waals surface area contributed by atoms with Crippen LogP contribution in [0.4, 0.5) is 5.69 Å². The zero-order valence-electron chi connectivity index (χ0n) is 17.9. The number of anilines is 1. The fourth-order valence-electron chi connectivity index (χ4n) is 3.58. The molecule has 5 rings (SSSR count). The molecule has 10 heteroatoms. The number of hydrogen-bond acceptors (Lipinski definition) is 6. The van der Waals surface area contributed by atoms with Crippen LogP contribution < -0.4 is 20.5 Å². The first-order valence-electron chi connectivity index (χ1n) is 10.1. The minimum absolute atomic E-state index is 0.233.